The number of pyridine rings is 1. The summed E-state index contributed by atoms with van der Waals surface area (Å²) in [6, 6.07) is 3.81. The Morgan fingerprint density at radius 1 is 1.50 bits per heavy atom. The number of aldehydes is 1. The van der Waals surface area contributed by atoms with Gasteiger partial charge in [-0.1, -0.05) is 0 Å². The first-order chi connectivity index (χ1) is 6.79. The van der Waals surface area contributed by atoms with Crippen molar-refractivity contribution in [2.24, 2.45) is 0 Å². The summed E-state index contributed by atoms with van der Waals surface area (Å²) in [6.45, 7) is 1.98. The lowest BCUT2D eigenvalue weighted by atomic mass is 10.3. The first-order valence-electron chi connectivity index (χ1n) is 4.22. The third-order valence-corrected chi connectivity index (χ3v) is 1.87. The summed E-state index contributed by atoms with van der Waals surface area (Å²) in [7, 11) is 0. The fraction of sp³-hybridized carbons (Fsp3) is 0.100. The van der Waals surface area contributed by atoms with Crippen molar-refractivity contribution in [2.45, 2.75) is 6.92 Å². The van der Waals surface area contributed by atoms with Crippen molar-refractivity contribution in [1.82, 2.24) is 14.8 Å². The Morgan fingerprint density at radius 3 is 3.00 bits per heavy atom. The molecule has 0 saturated heterocycles. The molecule has 0 radical (unpaired) electrons. The zero-order valence-electron chi connectivity index (χ0n) is 7.71. The standard InChI is InChI=1S/C10H9N3O/c1-8-2-3-11-10(4-8)13-6-9(7-14)5-12-13/h2-7H,1H3. The molecule has 14 heavy (non-hydrogen) atoms. The second-order valence-corrected chi connectivity index (χ2v) is 3.03. The van der Waals surface area contributed by atoms with Gasteiger partial charge in [0.25, 0.3) is 0 Å². The molecule has 0 aliphatic rings. The quantitative estimate of drug-likeness (QED) is 0.667. The highest BCUT2D eigenvalue weighted by molar-refractivity contribution is 5.73. The van der Waals surface area contributed by atoms with Crippen molar-refractivity contribution in [1.29, 1.82) is 0 Å². The Morgan fingerprint density at radius 2 is 2.36 bits per heavy atom. The van der Waals surface area contributed by atoms with Crippen molar-refractivity contribution in [3.05, 3.63) is 41.9 Å². The lowest BCUT2D eigenvalue weighted by Gasteiger charge is -1.99. The van der Waals surface area contributed by atoms with Crippen molar-refractivity contribution < 1.29 is 4.79 Å². The van der Waals surface area contributed by atoms with Crippen molar-refractivity contribution in [3.8, 4) is 5.82 Å². The number of aryl methyl sites for hydroxylation is 1. The van der Waals surface area contributed by atoms with E-state index in [1.807, 2.05) is 19.1 Å². The van der Waals surface area contributed by atoms with Crippen molar-refractivity contribution in [3.63, 3.8) is 0 Å². The molecule has 4 heteroatoms. The van der Waals surface area contributed by atoms with Crippen molar-refractivity contribution in [2.75, 3.05) is 0 Å². The summed E-state index contributed by atoms with van der Waals surface area (Å²) in [5.74, 6) is 0.720. The van der Waals surface area contributed by atoms with Crippen LogP contribution in [0.25, 0.3) is 5.82 Å². The Kier molecular flexibility index (Phi) is 2.10. The summed E-state index contributed by atoms with van der Waals surface area (Å²) in [6.07, 6.45) is 5.64. The van der Waals surface area contributed by atoms with E-state index < -0.39 is 0 Å². The fourth-order valence-electron chi connectivity index (χ4n) is 1.17. The zero-order chi connectivity index (χ0) is 9.97. The van der Waals surface area contributed by atoms with Crippen LogP contribution in [0, 0.1) is 6.92 Å². The topological polar surface area (TPSA) is 47.8 Å². The van der Waals surface area contributed by atoms with Gasteiger partial charge in [0.1, 0.15) is 0 Å². The molecule has 2 aromatic rings. The number of hydrogen-bond donors (Lipinski definition) is 0. The Labute approximate surface area is 81.2 Å². The van der Waals surface area contributed by atoms with E-state index in [-0.39, 0.29) is 0 Å². The molecule has 0 aliphatic carbocycles. The highest BCUT2D eigenvalue weighted by Crippen LogP contribution is 2.05. The Balaban J connectivity index is 2.43. The summed E-state index contributed by atoms with van der Waals surface area (Å²) in [5, 5.41) is 4.02. The molecule has 0 spiro atoms. The van der Waals surface area contributed by atoms with Crippen LogP contribution in [0.4, 0.5) is 0 Å². The van der Waals surface area contributed by atoms with E-state index in [0.29, 0.717) is 5.56 Å². The summed E-state index contributed by atoms with van der Waals surface area (Å²) in [4.78, 5) is 14.6. The first-order valence-corrected chi connectivity index (χ1v) is 4.22. The minimum atomic E-state index is 0.549. The van der Waals surface area contributed by atoms with Crippen LogP contribution in [0.15, 0.2) is 30.7 Å². The van der Waals surface area contributed by atoms with Crippen LogP contribution in [0.2, 0.25) is 0 Å². The van der Waals surface area contributed by atoms with E-state index in [1.165, 1.54) is 6.20 Å². The maximum absolute atomic E-state index is 10.4. The maximum atomic E-state index is 10.4. The number of carbonyl (C=O) groups excluding carboxylic acids is 1. The molecule has 2 aromatic heterocycles. The maximum Gasteiger partial charge on any atom is 0.153 e. The van der Waals surface area contributed by atoms with Crippen LogP contribution in [-0.4, -0.2) is 21.1 Å². The van der Waals surface area contributed by atoms with Crippen LogP contribution in [0.5, 0.6) is 0 Å². The predicted molar refractivity (Wildman–Crippen MR) is 51.5 cm³/mol. The molecule has 2 rings (SSSR count). The van der Waals surface area contributed by atoms with Gasteiger partial charge in [0.15, 0.2) is 12.1 Å². The molecule has 0 atom stereocenters. The van der Waals surface area contributed by atoms with E-state index >= 15 is 0 Å². The highest BCUT2D eigenvalue weighted by atomic mass is 16.1. The fourth-order valence-corrected chi connectivity index (χ4v) is 1.17. The molecule has 0 N–H and O–H groups in total. The van der Waals surface area contributed by atoms with Crippen LogP contribution >= 0.6 is 0 Å². The Bertz CT molecular complexity index is 462. The Hall–Kier alpha value is -1.97. The summed E-state index contributed by atoms with van der Waals surface area (Å²) < 4.78 is 1.58. The molecule has 0 aliphatic heterocycles. The van der Waals surface area contributed by atoms with Gasteiger partial charge in [-0.25, -0.2) is 9.67 Å². The SMILES string of the molecule is Cc1ccnc(-n2cc(C=O)cn2)c1. The minimum absolute atomic E-state index is 0.549. The molecule has 0 saturated carbocycles. The van der Waals surface area contributed by atoms with E-state index in [2.05, 4.69) is 10.1 Å². The van der Waals surface area contributed by atoms with Gasteiger partial charge >= 0.3 is 0 Å². The van der Waals surface area contributed by atoms with Gasteiger partial charge in [-0.2, -0.15) is 5.10 Å². The zero-order valence-corrected chi connectivity index (χ0v) is 7.71. The van der Waals surface area contributed by atoms with Gasteiger partial charge in [0, 0.05) is 12.4 Å². The molecular formula is C10H9N3O. The lowest BCUT2D eigenvalue weighted by Crippen LogP contribution is -1.97. The molecule has 0 amide bonds. The number of rotatable bonds is 2. The van der Waals surface area contributed by atoms with Crippen molar-refractivity contribution >= 4 is 6.29 Å². The average Bonchev–Trinajstić information content (AvgIpc) is 2.66. The third kappa shape index (κ3) is 1.54. The molecule has 70 valence electrons. The summed E-state index contributed by atoms with van der Waals surface area (Å²) >= 11 is 0. The normalized spacial score (nSPS) is 10.1. The van der Waals surface area contributed by atoms with Crippen LogP contribution in [0.1, 0.15) is 15.9 Å². The molecule has 0 unspecified atom stereocenters. The van der Waals surface area contributed by atoms with Crippen LogP contribution in [0.3, 0.4) is 0 Å². The van der Waals surface area contributed by atoms with Gasteiger partial charge in [-0.3, -0.25) is 4.79 Å². The predicted octanol–water partition coefficient (Wildman–Crippen LogP) is 1.39. The summed E-state index contributed by atoms with van der Waals surface area (Å²) in [5.41, 5.74) is 1.66. The van der Waals surface area contributed by atoms with Gasteiger partial charge in [0.2, 0.25) is 0 Å². The highest BCUT2D eigenvalue weighted by Gasteiger charge is 2.00. The number of aromatic nitrogens is 3. The first kappa shape index (κ1) is 8.62. The van der Waals surface area contributed by atoms with Crippen LogP contribution in [-0.2, 0) is 0 Å². The smallest absolute Gasteiger partial charge is 0.153 e. The molecule has 0 bridgehead atoms. The van der Waals surface area contributed by atoms with Crippen LogP contribution < -0.4 is 0 Å². The molecular weight excluding hydrogens is 178 g/mol. The molecule has 0 aromatic carbocycles. The van der Waals surface area contributed by atoms with E-state index in [0.717, 1.165) is 17.7 Å². The van der Waals surface area contributed by atoms with Gasteiger partial charge in [-0.05, 0) is 24.6 Å². The number of carbonyl (C=O) groups is 1. The van der Waals surface area contributed by atoms with E-state index in [9.17, 15) is 4.79 Å². The average molecular weight is 187 g/mol. The van der Waals surface area contributed by atoms with Gasteiger partial charge in [0.05, 0.1) is 11.8 Å². The monoisotopic (exact) mass is 187 g/mol. The molecule has 0 fully saturated rings. The molecule has 4 nitrogen and oxygen atoms in total. The minimum Gasteiger partial charge on any atom is -0.298 e. The van der Waals surface area contributed by atoms with Gasteiger partial charge in [-0.15, -0.1) is 0 Å². The second-order valence-electron chi connectivity index (χ2n) is 3.03. The number of nitrogens with zero attached hydrogens (tertiary/aromatic N) is 3. The second kappa shape index (κ2) is 3.41. The molecule has 2 heterocycles. The third-order valence-electron chi connectivity index (χ3n) is 1.87. The number of hydrogen-bond acceptors (Lipinski definition) is 3. The lowest BCUT2D eigenvalue weighted by molar-refractivity contribution is 0.112. The van der Waals surface area contributed by atoms with E-state index in [1.54, 1.807) is 17.1 Å². The van der Waals surface area contributed by atoms with E-state index in [4.69, 9.17) is 0 Å². The van der Waals surface area contributed by atoms with Gasteiger partial charge < -0.3 is 0 Å². The largest absolute Gasteiger partial charge is 0.298 e.